The Kier molecular flexibility index (Phi) is 7.20. The van der Waals surface area contributed by atoms with E-state index in [0.717, 1.165) is 11.1 Å². The predicted octanol–water partition coefficient (Wildman–Crippen LogP) is 1.16. The number of rotatable bonds is 6. The van der Waals surface area contributed by atoms with E-state index >= 15 is 0 Å². The highest BCUT2D eigenvalue weighted by Gasteiger charge is 2.34. The quantitative estimate of drug-likeness (QED) is 0.668. The average Bonchev–Trinajstić information content (AvgIpc) is 2.77. The molecule has 30 heavy (non-hydrogen) atoms. The molecule has 0 bridgehead atoms. The van der Waals surface area contributed by atoms with E-state index < -0.39 is 28.1 Å². The van der Waals surface area contributed by atoms with Crippen LogP contribution >= 0.6 is 0 Å². The van der Waals surface area contributed by atoms with Crippen molar-refractivity contribution in [2.75, 3.05) is 19.7 Å². The van der Waals surface area contributed by atoms with Gasteiger partial charge in [0.25, 0.3) is 0 Å². The highest BCUT2D eigenvalue weighted by atomic mass is 32.2. The third kappa shape index (κ3) is 5.44. The van der Waals surface area contributed by atoms with Crippen molar-refractivity contribution >= 4 is 21.8 Å². The van der Waals surface area contributed by atoms with Crippen LogP contribution in [0.15, 0.2) is 59.5 Å². The Bertz CT molecular complexity index is 977. The van der Waals surface area contributed by atoms with Crippen LogP contribution in [0, 0.1) is 6.92 Å². The minimum absolute atomic E-state index is 0.122. The lowest BCUT2D eigenvalue weighted by Crippen LogP contribution is -2.53. The maximum absolute atomic E-state index is 12.9. The monoisotopic (exact) mass is 431 g/mol. The molecule has 160 valence electrons. The smallest absolute Gasteiger partial charge is 0.309 e. The molecule has 8 nitrogen and oxygen atoms in total. The van der Waals surface area contributed by atoms with Gasteiger partial charge in [-0.15, -0.1) is 0 Å². The summed E-state index contributed by atoms with van der Waals surface area (Å²) < 4.78 is 32.6. The van der Waals surface area contributed by atoms with Crippen LogP contribution in [0.1, 0.15) is 17.5 Å². The number of hydrogen-bond donors (Lipinski definition) is 2. The van der Waals surface area contributed by atoms with E-state index in [1.165, 1.54) is 16.4 Å². The molecule has 0 aliphatic carbocycles. The maximum Gasteiger partial charge on any atom is 0.309 e. The molecular formula is C21H25N3O5S. The molecule has 2 amide bonds. The first-order valence-electron chi connectivity index (χ1n) is 9.68. The van der Waals surface area contributed by atoms with Crippen LogP contribution < -0.4 is 10.6 Å². The Balaban J connectivity index is 1.56. The van der Waals surface area contributed by atoms with Crippen molar-refractivity contribution in [2.24, 2.45) is 0 Å². The number of ether oxygens (including phenoxy) is 1. The lowest BCUT2D eigenvalue weighted by atomic mass is 10.1. The predicted molar refractivity (Wildman–Crippen MR) is 111 cm³/mol. The van der Waals surface area contributed by atoms with Crippen molar-refractivity contribution in [3.05, 3.63) is 65.7 Å². The number of nitrogens with one attached hydrogen (secondary N) is 2. The molecule has 9 heteroatoms. The largest absolute Gasteiger partial charge is 0.360 e. The van der Waals surface area contributed by atoms with Gasteiger partial charge in [-0.3, -0.25) is 9.59 Å². The summed E-state index contributed by atoms with van der Waals surface area (Å²) in [6.07, 6.45) is -0.328. The van der Waals surface area contributed by atoms with Gasteiger partial charge in [0.05, 0.1) is 18.0 Å². The fraction of sp³-hybridized carbons (Fsp3) is 0.333. The fourth-order valence-corrected chi connectivity index (χ4v) is 4.65. The minimum Gasteiger partial charge on any atom is -0.360 e. The highest BCUT2D eigenvalue weighted by molar-refractivity contribution is 7.89. The second kappa shape index (κ2) is 9.84. The fourth-order valence-electron chi connectivity index (χ4n) is 3.06. The normalized spacial score (nSPS) is 17.3. The molecule has 1 aliphatic rings. The van der Waals surface area contributed by atoms with Crippen molar-refractivity contribution in [3.63, 3.8) is 0 Å². The topological polar surface area (TPSA) is 105 Å². The second-order valence-electron chi connectivity index (χ2n) is 6.99. The molecule has 0 aromatic heterocycles. The van der Waals surface area contributed by atoms with Crippen LogP contribution in [0.2, 0.25) is 0 Å². The molecule has 2 aromatic rings. The van der Waals surface area contributed by atoms with E-state index in [1.807, 2.05) is 31.2 Å². The first-order valence-corrected chi connectivity index (χ1v) is 11.1. The second-order valence-corrected chi connectivity index (χ2v) is 8.88. The number of aryl methyl sites for hydroxylation is 1. The first kappa shape index (κ1) is 21.9. The zero-order valence-electron chi connectivity index (χ0n) is 16.7. The van der Waals surface area contributed by atoms with Gasteiger partial charge < -0.3 is 15.4 Å². The van der Waals surface area contributed by atoms with Crippen LogP contribution in [0.4, 0.5) is 0 Å². The lowest BCUT2D eigenvalue weighted by Gasteiger charge is -2.34. The van der Waals surface area contributed by atoms with Crippen molar-refractivity contribution < 1.29 is 22.7 Å². The third-order valence-electron chi connectivity index (χ3n) is 4.72. The lowest BCUT2D eigenvalue weighted by molar-refractivity contribution is -0.140. The SMILES string of the molecule is Cc1ccc(CNC(=O)C(=O)NC[C@@H]2OCCCN2S(=O)(=O)c2ccccc2)cc1. The maximum atomic E-state index is 12.9. The molecule has 0 unspecified atom stereocenters. The third-order valence-corrected chi connectivity index (χ3v) is 6.62. The molecule has 3 rings (SSSR count). The number of carbonyl (C=O) groups is 2. The van der Waals surface area contributed by atoms with Gasteiger partial charge in [0.1, 0.15) is 6.23 Å². The molecule has 1 heterocycles. The summed E-state index contributed by atoms with van der Waals surface area (Å²) in [4.78, 5) is 24.4. The molecular weight excluding hydrogens is 406 g/mol. The van der Waals surface area contributed by atoms with Crippen molar-refractivity contribution in [2.45, 2.75) is 31.0 Å². The van der Waals surface area contributed by atoms with E-state index in [4.69, 9.17) is 4.74 Å². The Morgan fingerprint density at radius 2 is 1.70 bits per heavy atom. The zero-order valence-corrected chi connectivity index (χ0v) is 17.5. The van der Waals surface area contributed by atoms with Crippen LogP contribution in [-0.4, -0.2) is 50.5 Å². The van der Waals surface area contributed by atoms with Crippen LogP contribution in [-0.2, 0) is 30.9 Å². The van der Waals surface area contributed by atoms with Gasteiger partial charge in [0, 0.05) is 13.1 Å². The average molecular weight is 432 g/mol. The number of benzene rings is 2. The van der Waals surface area contributed by atoms with E-state index in [-0.39, 0.29) is 24.5 Å². The summed E-state index contributed by atoms with van der Waals surface area (Å²) in [5.74, 6) is -1.63. The van der Waals surface area contributed by atoms with Crippen LogP contribution in [0.25, 0.3) is 0 Å². The Hall–Kier alpha value is -2.75. The molecule has 1 saturated heterocycles. The zero-order chi connectivity index (χ0) is 21.6. The molecule has 0 saturated carbocycles. The van der Waals surface area contributed by atoms with Gasteiger partial charge in [-0.05, 0) is 31.0 Å². The first-order chi connectivity index (χ1) is 14.4. The van der Waals surface area contributed by atoms with E-state index in [2.05, 4.69) is 10.6 Å². The molecule has 1 atom stereocenters. The number of hydrogen-bond acceptors (Lipinski definition) is 5. The van der Waals surface area contributed by atoms with Gasteiger partial charge in [0.15, 0.2) is 0 Å². The Labute approximate surface area is 176 Å². The van der Waals surface area contributed by atoms with Gasteiger partial charge in [0.2, 0.25) is 10.0 Å². The van der Waals surface area contributed by atoms with E-state index in [1.54, 1.807) is 18.2 Å². The molecule has 0 spiro atoms. The Morgan fingerprint density at radius 1 is 1.03 bits per heavy atom. The minimum atomic E-state index is -3.77. The molecule has 1 aliphatic heterocycles. The Morgan fingerprint density at radius 3 is 2.40 bits per heavy atom. The van der Waals surface area contributed by atoms with Crippen LogP contribution in [0.5, 0.6) is 0 Å². The van der Waals surface area contributed by atoms with Gasteiger partial charge in [-0.25, -0.2) is 8.42 Å². The molecule has 0 radical (unpaired) electrons. The van der Waals surface area contributed by atoms with Gasteiger partial charge in [-0.2, -0.15) is 4.31 Å². The van der Waals surface area contributed by atoms with E-state index in [9.17, 15) is 18.0 Å². The van der Waals surface area contributed by atoms with Crippen LogP contribution in [0.3, 0.4) is 0 Å². The summed E-state index contributed by atoms with van der Waals surface area (Å²) in [5, 5.41) is 5.02. The van der Waals surface area contributed by atoms with Crippen molar-refractivity contribution in [3.8, 4) is 0 Å². The number of amides is 2. The van der Waals surface area contributed by atoms with Crippen molar-refractivity contribution in [1.29, 1.82) is 0 Å². The number of carbonyl (C=O) groups excluding carboxylic acids is 2. The summed E-state index contributed by atoms with van der Waals surface area (Å²) in [6.45, 7) is 2.71. The molecule has 1 fully saturated rings. The van der Waals surface area contributed by atoms with E-state index in [0.29, 0.717) is 13.0 Å². The summed E-state index contributed by atoms with van der Waals surface area (Å²) in [6, 6.07) is 15.6. The summed E-state index contributed by atoms with van der Waals surface area (Å²) >= 11 is 0. The summed E-state index contributed by atoms with van der Waals surface area (Å²) in [5.41, 5.74) is 1.97. The van der Waals surface area contributed by atoms with Gasteiger partial charge >= 0.3 is 11.8 Å². The molecule has 2 N–H and O–H groups in total. The molecule has 2 aromatic carbocycles. The standard InChI is InChI=1S/C21H25N3O5S/c1-16-8-10-17(11-9-16)14-22-20(25)21(26)23-15-19-24(12-5-13-29-19)30(27,28)18-6-3-2-4-7-18/h2-4,6-11,19H,5,12-15H2,1H3,(H,22,25)(H,23,26)/t19-/m0/s1. The number of nitrogens with zero attached hydrogens (tertiary/aromatic N) is 1. The summed E-state index contributed by atoms with van der Waals surface area (Å²) in [7, 11) is -3.77. The van der Waals surface area contributed by atoms with Gasteiger partial charge in [-0.1, -0.05) is 48.0 Å². The highest BCUT2D eigenvalue weighted by Crippen LogP contribution is 2.21. The van der Waals surface area contributed by atoms with Crippen molar-refractivity contribution in [1.82, 2.24) is 14.9 Å². The number of sulfonamides is 1.